The molecule has 2 heteroatoms. The normalized spacial score (nSPS) is 45.6. The van der Waals surface area contributed by atoms with Gasteiger partial charge in [-0.15, -0.1) is 0 Å². The van der Waals surface area contributed by atoms with Crippen molar-refractivity contribution in [2.24, 2.45) is 35.5 Å². The standard InChI is InChI=1S/C19H34O2/c1-12(2)15-10-6-9-14-11-16(13-7-4-3-5-8-13)19(21)17(14)18(15)20/h12-21H,3-11H2,1-2H3/t14?,15-,16-,17?,18?,19?/m1/s1. The van der Waals surface area contributed by atoms with Crippen molar-refractivity contribution in [2.75, 3.05) is 0 Å². The molecule has 3 rings (SSSR count). The Balaban J connectivity index is 1.74. The van der Waals surface area contributed by atoms with Crippen molar-refractivity contribution in [3.63, 3.8) is 0 Å². The van der Waals surface area contributed by atoms with Crippen LogP contribution in [0.2, 0.25) is 0 Å². The Morgan fingerprint density at radius 1 is 0.762 bits per heavy atom. The average molecular weight is 294 g/mol. The molecule has 0 bridgehead atoms. The maximum absolute atomic E-state index is 11.0. The molecule has 4 unspecified atom stereocenters. The number of hydrogen-bond acceptors (Lipinski definition) is 2. The zero-order chi connectivity index (χ0) is 15.0. The van der Waals surface area contributed by atoms with Crippen molar-refractivity contribution in [3.05, 3.63) is 0 Å². The molecule has 0 aromatic heterocycles. The molecule has 2 nitrogen and oxygen atoms in total. The SMILES string of the molecule is CC(C)[C@H]1CCCC2C[C@H](C3CCCCC3)C(O)C2C1O. The van der Waals surface area contributed by atoms with Gasteiger partial charge in [-0.05, 0) is 48.9 Å². The minimum absolute atomic E-state index is 0.159. The van der Waals surface area contributed by atoms with Crippen molar-refractivity contribution >= 4 is 0 Å². The second-order valence-electron chi connectivity index (χ2n) is 8.46. The van der Waals surface area contributed by atoms with Gasteiger partial charge in [-0.2, -0.15) is 0 Å². The van der Waals surface area contributed by atoms with E-state index in [-0.39, 0.29) is 18.1 Å². The molecule has 0 saturated heterocycles. The molecule has 0 amide bonds. The minimum Gasteiger partial charge on any atom is -0.392 e. The fourth-order valence-corrected chi connectivity index (χ4v) is 5.83. The van der Waals surface area contributed by atoms with E-state index in [1.807, 2.05) is 0 Å². The zero-order valence-corrected chi connectivity index (χ0v) is 13.9. The molecule has 21 heavy (non-hydrogen) atoms. The molecule has 2 N–H and O–H groups in total. The maximum Gasteiger partial charge on any atom is 0.0626 e. The third-order valence-electron chi connectivity index (χ3n) is 7.01. The van der Waals surface area contributed by atoms with Gasteiger partial charge >= 0.3 is 0 Å². The summed E-state index contributed by atoms with van der Waals surface area (Å²) in [7, 11) is 0. The maximum atomic E-state index is 11.0. The van der Waals surface area contributed by atoms with Crippen LogP contribution in [-0.2, 0) is 0 Å². The van der Waals surface area contributed by atoms with Gasteiger partial charge in [0.2, 0.25) is 0 Å². The Hall–Kier alpha value is -0.0800. The van der Waals surface area contributed by atoms with Crippen molar-refractivity contribution < 1.29 is 10.2 Å². The Morgan fingerprint density at radius 3 is 2.10 bits per heavy atom. The van der Waals surface area contributed by atoms with Gasteiger partial charge in [-0.3, -0.25) is 0 Å². The van der Waals surface area contributed by atoms with E-state index < -0.39 is 0 Å². The summed E-state index contributed by atoms with van der Waals surface area (Å²) in [5.41, 5.74) is 0. The van der Waals surface area contributed by atoms with Gasteiger partial charge < -0.3 is 10.2 Å². The minimum atomic E-state index is -0.277. The third kappa shape index (κ3) is 3.03. The average Bonchev–Trinajstić information content (AvgIpc) is 2.70. The highest BCUT2D eigenvalue weighted by atomic mass is 16.3. The van der Waals surface area contributed by atoms with E-state index in [2.05, 4.69) is 13.8 Å². The van der Waals surface area contributed by atoms with Crippen LogP contribution in [0, 0.1) is 35.5 Å². The van der Waals surface area contributed by atoms with Crippen molar-refractivity contribution in [1.82, 2.24) is 0 Å². The topological polar surface area (TPSA) is 40.5 Å². The molecule has 0 aromatic carbocycles. The first-order valence-corrected chi connectivity index (χ1v) is 9.45. The molecule has 3 fully saturated rings. The van der Waals surface area contributed by atoms with E-state index in [0.717, 1.165) is 12.3 Å². The van der Waals surface area contributed by atoms with Crippen LogP contribution in [0.25, 0.3) is 0 Å². The first kappa shape index (κ1) is 15.8. The first-order chi connectivity index (χ1) is 10.1. The lowest BCUT2D eigenvalue weighted by Gasteiger charge is -2.34. The largest absolute Gasteiger partial charge is 0.392 e. The Bertz CT molecular complexity index is 334. The first-order valence-electron chi connectivity index (χ1n) is 9.45. The second kappa shape index (κ2) is 6.58. The van der Waals surface area contributed by atoms with Crippen molar-refractivity contribution in [1.29, 1.82) is 0 Å². The molecule has 0 aliphatic heterocycles. The lowest BCUT2D eigenvalue weighted by atomic mass is 9.75. The molecule has 0 aromatic rings. The number of rotatable bonds is 2. The lowest BCUT2D eigenvalue weighted by molar-refractivity contribution is -0.0423. The molecule has 0 radical (unpaired) electrons. The summed E-state index contributed by atoms with van der Waals surface area (Å²) in [5.74, 6) is 2.85. The van der Waals surface area contributed by atoms with Crippen LogP contribution in [0.1, 0.15) is 71.6 Å². The van der Waals surface area contributed by atoms with Gasteiger partial charge in [0.25, 0.3) is 0 Å². The van der Waals surface area contributed by atoms with Gasteiger partial charge in [0, 0.05) is 5.92 Å². The summed E-state index contributed by atoms with van der Waals surface area (Å²) in [6, 6.07) is 0. The highest BCUT2D eigenvalue weighted by molar-refractivity contribution is 5.00. The van der Waals surface area contributed by atoms with Crippen LogP contribution in [0.3, 0.4) is 0 Å². The highest BCUT2D eigenvalue weighted by Crippen LogP contribution is 2.51. The van der Waals surface area contributed by atoms with E-state index in [0.29, 0.717) is 23.7 Å². The van der Waals surface area contributed by atoms with E-state index in [9.17, 15) is 10.2 Å². The molecule has 0 heterocycles. The van der Waals surface area contributed by atoms with Gasteiger partial charge in [0.1, 0.15) is 0 Å². The molecule has 122 valence electrons. The molecular weight excluding hydrogens is 260 g/mol. The molecule has 3 aliphatic carbocycles. The molecule has 0 spiro atoms. The predicted molar refractivity (Wildman–Crippen MR) is 85.9 cm³/mol. The highest BCUT2D eigenvalue weighted by Gasteiger charge is 2.50. The summed E-state index contributed by atoms with van der Waals surface area (Å²) in [6.45, 7) is 4.46. The fraction of sp³-hybridized carbons (Fsp3) is 1.00. The molecule has 6 atom stereocenters. The number of aliphatic hydroxyl groups excluding tert-OH is 2. The Morgan fingerprint density at radius 2 is 1.43 bits per heavy atom. The van der Waals surface area contributed by atoms with E-state index in [4.69, 9.17) is 0 Å². The van der Waals surface area contributed by atoms with E-state index in [1.165, 1.54) is 51.4 Å². The van der Waals surface area contributed by atoms with Crippen LogP contribution < -0.4 is 0 Å². The summed E-state index contributed by atoms with van der Waals surface area (Å²) in [5, 5.41) is 21.9. The van der Waals surface area contributed by atoms with Crippen molar-refractivity contribution in [3.8, 4) is 0 Å². The zero-order valence-electron chi connectivity index (χ0n) is 13.9. The van der Waals surface area contributed by atoms with Crippen LogP contribution in [0.5, 0.6) is 0 Å². The monoisotopic (exact) mass is 294 g/mol. The van der Waals surface area contributed by atoms with Crippen molar-refractivity contribution in [2.45, 2.75) is 83.8 Å². The van der Waals surface area contributed by atoms with Crippen LogP contribution in [-0.4, -0.2) is 22.4 Å². The molecule has 3 aliphatic rings. The Labute approximate surface area is 130 Å². The van der Waals surface area contributed by atoms with Gasteiger partial charge in [-0.25, -0.2) is 0 Å². The van der Waals surface area contributed by atoms with Crippen LogP contribution in [0.15, 0.2) is 0 Å². The fourth-order valence-electron chi connectivity index (χ4n) is 5.83. The van der Waals surface area contributed by atoms with Gasteiger partial charge in [-0.1, -0.05) is 52.4 Å². The molecule has 3 saturated carbocycles. The van der Waals surface area contributed by atoms with E-state index >= 15 is 0 Å². The Kier molecular flexibility index (Phi) is 4.95. The number of fused-ring (bicyclic) bond motifs is 1. The quantitative estimate of drug-likeness (QED) is 0.808. The van der Waals surface area contributed by atoms with Crippen LogP contribution in [0.4, 0.5) is 0 Å². The summed E-state index contributed by atoms with van der Waals surface area (Å²) in [6.07, 6.45) is 11.0. The van der Waals surface area contributed by atoms with E-state index in [1.54, 1.807) is 0 Å². The van der Waals surface area contributed by atoms with Gasteiger partial charge in [0.15, 0.2) is 0 Å². The number of hydrogen-bond donors (Lipinski definition) is 2. The lowest BCUT2D eigenvalue weighted by Crippen LogP contribution is -2.40. The number of aliphatic hydroxyl groups is 2. The molecular formula is C19H34O2. The summed E-state index contributed by atoms with van der Waals surface area (Å²) in [4.78, 5) is 0. The van der Waals surface area contributed by atoms with Gasteiger partial charge in [0.05, 0.1) is 12.2 Å². The smallest absolute Gasteiger partial charge is 0.0626 e. The summed E-state index contributed by atoms with van der Waals surface area (Å²) >= 11 is 0. The third-order valence-corrected chi connectivity index (χ3v) is 7.01. The summed E-state index contributed by atoms with van der Waals surface area (Å²) < 4.78 is 0. The second-order valence-corrected chi connectivity index (χ2v) is 8.46. The van der Waals surface area contributed by atoms with Crippen LogP contribution >= 0.6 is 0 Å². The predicted octanol–water partition coefficient (Wildman–Crippen LogP) is 4.00.